The molecule has 0 amide bonds. The van der Waals surface area contributed by atoms with Crippen molar-refractivity contribution in [1.82, 2.24) is 0 Å². The lowest BCUT2D eigenvalue weighted by atomic mass is 9.79. The largest absolute Gasteiger partial charge is 0.456 e. The van der Waals surface area contributed by atoms with Crippen molar-refractivity contribution in [3.05, 3.63) is 176 Å². The Bertz CT molecular complexity index is 4590. The number of rotatable bonds is 3. The molecule has 0 saturated heterocycles. The van der Waals surface area contributed by atoms with E-state index in [4.69, 9.17) is 12.6 Å². The summed E-state index contributed by atoms with van der Waals surface area (Å²) in [6.45, 7) is 18.4. The van der Waals surface area contributed by atoms with Crippen molar-refractivity contribution in [2.24, 2.45) is 0 Å². The summed E-state index contributed by atoms with van der Waals surface area (Å²) in [6.07, 6.45) is 0. The summed E-state index contributed by atoms with van der Waals surface area (Å²) >= 11 is 0. The van der Waals surface area contributed by atoms with Crippen molar-refractivity contribution >= 4 is 54.3 Å². The molecule has 1 heteroatoms. The van der Waals surface area contributed by atoms with Crippen LogP contribution in [0.2, 0.25) is 0 Å². The smallest absolute Gasteiger partial charge is 0.138 e. The van der Waals surface area contributed by atoms with Gasteiger partial charge in [0.05, 0.1) is 26.0 Å². The minimum absolute atomic E-state index is 0.00621. The van der Waals surface area contributed by atoms with E-state index in [0.717, 1.165) is 5.56 Å². The fourth-order valence-corrected chi connectivity index (χ4v) is 9.71. The number of fused-ring (bicyclic) bond motifs is 9. The normalized spacial score (nSPS) is 17.7. The van der Waals surface area contributed by atoms with E-state index in [1.807, 2.05) is 20.8 Å². The van der Waals surface area contributed by atoms with Gasteiger partial charge in [-0.25, -0.2) is 0 Å². The highest BCUT2D eigenvalue weighted by Crippen LogP contribution is 2.54. The monoisotopic (exact) mass is 808 g/mol. The van der Waals surface area contributed by atoms with E-state index in [1.165, 1.54) is 20.8 Å². The first kappa shape index (κ1) is 22.4. The molecule has 61 heavy (non-hydrogen) atoms. The van der Waals surface area contributed by atoms with E-state index in [2.05, 4.69) is 0 Å². The molecule has 0 aliphatic heterocycles. The first-order valence-corrected chi connectivity index (χ1v) is 20.4. The van der Waals surface area contributed by atoms with Crippen molar-refractivity contribution in [2.45, 2.75) is 81.6 Å². The predicted octanol–water partition coefficient (Wildman–Crippen LogP) is 17.1. The quantitative estimate of drug-likeness (QED) is 0.162. The van der Waals surface area contributed by atoms with E-state index >= 15 is 0 Å². The second-order valence-corrected chi connectivity index (χ2v) is 17.1. The molecule has 0 N–H and O–H groups in total. The Kier molecular flexibility index (Phi) is 4.79. The first-order valence-electron chi connectivity index (χ1n) is 29.9. The summed E-state index contributed by atoms with van der Waals surface area (Å²) in [5.74, 6) is 0. The average molecular weight is 808 g/mol. The van der Waals surface area contributed by atoms with Gasteiger partial charge >= 0.3 is 0 Å². The van der Waals surface area contributed by atoms with Crippen LogP contribution >= 0.6 is 0 Å². The molecule has 11 rings (SSSR count). The van der Waals surface area contributed by atoms with Crippen LogP contribution in [0.15, 0.2) is 119 Å². The van der Waals surface area contributed by atoms with E-state index < -0.39 is 59.8 Å². The highest BCUT2D eigenvalue weighted by atomic mass is 16.3. The lowest BCUT2D eigenvalue weighted by molar-refractivity contribution is 0.660. The molecular weight excluding hydrogens is 737 g/mol. The predicted molar refractivity (Wildman–Crippen MR) is 263 cm³/mol. The third-order valence-electron chi connectivity index (χ3n) is 12.7. The summed E-state index contributed by atoms with van der Waals surface area (Å²) in [6, 6.07) is -6.84. The number of benzene rings is 9. The number of furan rings is 1. The van der Waals surface area contributed by atoms with E-state index in [-0.39, 0.29) is 176 Å². The summed E-state index contributed by atoms with van der Waals surface area (Å²) in [4.78, 5) is 0. The van der Waals surface area contributed by atoms with Crippen LogP contribution in [0.3, 0.4) is 0 Å². The zero-order valence-electron chi connectivity index (χ0n) is 54.9. The maximum Gasteiger partial charge on any atom is 0.138 e. The molecule has 0 atom stereocenters. The molecule has 10 aromatic rings. The molecule has 0 spiro atoms. The summed E-state index contributed by atoms with van der Waals surface area (Å²) in [7, 11) is 0. The minimum atomic E-state index is -1.40. The molecule has 1 heterocycles. The molecule has 1 aromatic heterocycles. The molecule has 0 bridgehead atoms. The lowest BCUT2D eigenvalue weighted by Gasteiger charge is -2.24. The van der Waals surface area contributed by atoms with Crippen LogP contribution in [0.25, 0.3) is 98.8 Å². The van der Waals surface area contributed by atoms with E-state index in [0.29, 0.717) is 38.9 Å². The Balaban J connectivity index is 1.34. The lowest BCUT2D eigenvalue weighted by Crippen LogP contribution is -2.15. The van der Waals surface area contributed by atoms with Crippen LogP contribution in [0.5, 0.6) is 0 Å². The molecule has 1 aliphatic carbocycles. The molecule has 1 nitrogen and oxygen atoms in total. The van der Waals surface area contributed by atoms with Gasteiger partial charge in [0, 0.05) is 16.2 Å². The minimum Gasteiger partial charge on any atom is -0.456 e. The molecular formula is C60H52O. The van der Waals surface area contributed by atoms with Crippen LogP contribution in [-0.4, -0.2) is 0 Å². The Morgan fingerprint density at radius 2 is 1.05 bits per heavy atom. The first-order chi connectivity index (χ1) is 37.2. The van der Waals surface area contributed by atoms with Gasteiger partial charge in [-0.3, -0.25) is 0 Å². The van der Waals surface area contributed by atoms with Gasteiger partial charge in [0.2, 0.25) is 0 Å². The molecule has 0 radical (unpaired) electrons. The van der Waals surface area contributed by atoms with Gasteiger partial charge in [-0.15, -0.1) is 0 Å². The molecule has 0 saturated carbocycles. The number of hydrogen-bond donors (Lipinski definition) is 0. The molecule has 0 unspecified atom stereocenters. The van der Waals surface area contributed by atoms with Gasteiger partial charge < -0.3 is 4.42 Å². The molecule has 298 valence electrons. The zero-order chi connectivity index (χ0) is 58.9. The van der Waals surface area contributed by atoms with Crippen LogP contribution < -0.4 is 0 Å². The summed E-state index contributed by atoms with van der Waals surface area (Å²) in [5, 5.41) is 1.12. The van der Waals surface area contributed by atoms with Gasteiger partial charge in [0.15, 0.2) is 0 Å². The van der Waals surface area contributed by atoms with Gasteiger partial charge in [0.1, 0.15) is 11.2 Å². The molecule has 9 aromatic carbocycles. The Hall–Kier alpha value is -6.44. The van der Waals surface area contributed by atoms with Crippen molar-refractivity contribution in [1.29, 1.82) is 0 Å². The SMILES string of the molecule is [2H]c1c([2H])c([2H])c(-c2c([2H])c3c(c([2H])c2C)-c2c(C)c([2H])c(-c4c5c([2H])c([2H])c(C)c([2H])c5c(-c5c([2H])c(C)c6oc7c([2H])c8c(C)c(C)c([2H])c(C)c8c(C)c7c6c5[2H])c5c([2H])c([2H])c(C)c([2H])c45)c([2H])c2C3(C)C)c([2H])c1[2H]. The highest BCUT2D eigenvalue weighted by Gasteiger charge is 2.38. The fraction of sp³-hybridized carbons (Fsp3) is 0.200. The van der Waals surface area contributed by atoms with E-state index in [1.54, 1.807) is 34.6 Å². The summed E-state index contributed by atoms with van der Waals surface area (Å²) < 4.78 is 187. The van der Waals surface area contributed by atoms with Crippen LogP contribution in [0.4, 0.5) is 0 Å². The highest BCUT2D eigenvalue weighted by molar-refractivity contribution is 6.23. The molecule has 0 fully saturated rings. The van der Waals surface area contributed by atoms with Gasteiger partial charge in [-0.1, -0.05) is 110 Å². The second-order valence-electron chi connectivity index (χ2n) is 17.1. The topological polar surface area (TPSA) is 13.1 Å². The van der Waals surface area contributed by atoms with Crippen LogP contribution in [0, 0.1) is 62.3 Å². The average Bonchev–Trinajstić information content (AvgIpc) is 3.99. The summed E-state index contributed by atoms with van der Waals surface area (Å²) in [5.41, 5.74) is 2.03. The maximum absolute atomic E-state index is 10.4. The number of hydrogen-bond acceptors (Lipinski definition) is 1. The number of aryl methyl sites for hydroxylation is 4. The standard InChI is InChI=1S/C60H52O/c1-31-18-20-44-47(21-31)57(41-25-37(7)59-50(27-41)56-39(9)54-35(5)23-33(3)38(8)46(54)30-53(56)61-59)43-19-17-32(2)22-48(43)58(44)42-24-36(6)55-49-26-34(4)45(40-15-13-12-14-16-40)29-51(49)60(10,11)52(55)28-42/h12-30H,1-11H3/i12D,13D,14D,15D,16D,17D,18D,19D,20D,21D,22D,23D,24D,25D,26D,27D,28D,29D,30D. The molecule has 1 aliphatic rings. The van der Waals surface area contributed by atoms with E-state index in [9.17, 15) is 17.8 Å². The van der Waals surface area contributed by atoms with Gasteiger partial charge in [0.25, 0.3) is 0 Å². The fourth-order valence-electron chi connectivity index (χ4n) is 9.71. The third kappa shape index (κ3) is 5.32. The Morgan fingerprint density at radius 3 is 1.72 bits per heavy atom. The van der Waals surface area contributed by atoms with Crippen molar-refractivity contribution < 1.29 is 30.5 Å². The maximum atomic E-state index is 10.4. The van der Waals surface area contributed by atoms with Crippen molar-refractivity contribution in [3.8, 4) is 44.5 Å². The van der Waals surface area contributed by atoms with Gasteiger partial charge in [-0.2, -0.15) is 0 Å². The Labute approximate surface area is 386 Å². The van der Waals surface area contributed by atoms with Crippen molar-refractivity contribution in [3.63, 3.8) is 0 Å². The second kappa shape index (κ2) is 13.0. The van der Waals surface area contributed by atoms with Crippen molar-refractivity contribution in [2.75, 3.05) is 0 Å². The Morgan fingerprint density at radius 1 is 0.410 bits per heavy atom. The van der Waals surface area contributed by atoms with Crippen LogP contribution in [0.1, 0.15) is 101 Å². The zero-order valence-corrected chi connectivity index (χ0v) is 35.9. The third-order valence-corrected chi connectivity index (χ3v) is 12.7. The van der Waals surface area contributed by atoms with Gasteiger partial charge in [-0.05, 0) is 219 Å². The van der Waals surface area contributed by atoms with Crippen LogP contribution in [-0.2, 0) is 5.41 Å².